The fourth-order valence-corrected chi connectivity index (χ4v) is 2.54. The van der Waals surface area contributed by atoms with E-state index in [9.17, 15) is 0 Å². The molecule has 4 nitrogen and oxygen atoms in total. The van der Waals surface area contributed by atoms with Gasteiger partial charge in [-0.05, 0) is 36.6 Å². The standard InChI is InChI=1S/C16H18N4/c1-12-6-2-3-7-13(12)10-15(19-17)14-11-18-20-9-5-4-8-16(14)20/h2-9,11,15,19H,10,17H2,1H3. The summed E-state index contributed by atoms with van der Waals surface area (Å²) in [6.07, 6.45) is 4.68. The summed E-state index contributed by atoms with van der Waals surface area (Å²) in [5, 5.41) is 4.37. The third kappa shape index (κ3) is 2.31. The van der Waals surface area contributed by atoms with Crippen LogP contribution in [0.25, 0.3) is 5.52 Å². The number of benzene rings is 1. The number of rotatable bonds is 4. The molecule has 0 aliphatic heterocycles. The van der Waals surface area contributed by atoms with Crippen LogP contribution >= 0.6 is 0 Å². The molecule has 0 fully saturated rings. The average molecular weight is 266 g/mol. The second kappa shape index (κ2) is 5.45. The van der Waals surface area contributed by atoms with Crippen molar-refractivity contribution in [3.8, 4) is 0 Å². The molecule has 2 aromatic heterocycles. The Kier molecular flexibility index (Phi) is 3.50. The number of pyridine rings is 1. The number of nitrogens with two attached hydrogens (primary N) is 1. The first-order chi connectivity index (χ1) is 9.79. The second-order valence-electron chi connectivity index (χ2n) is 4.98. The van der Waals surface area contributed by atoms with Crippen LogP contribution in [0.3, 0.4) is 0 Å². The summed E-state index contributed by atoms with van der Waals surface area (Å²) >= 11 is 0. The summed E-state index contributed by atoms with van der Waals surface area (Å²) in [7, 11) is 0. The van der Waals surface area contributed by atoms with E-state index < -0.39 is 0 Å². The van der Waals surface area contributed by atoms with Crippen molar-refractivity contribution in [3.05, 3.63) is 71.5 Å². The molecule has 0 aliphatic rings. The molecule has 3 N–H and O–H groups in total. The van der Waals surface area contributed by atoms with Gasteiger partial charge in [0.1, 0.15) is 0 Å². The molecule has 1 unspecified atom stereocenters. The molecule has 0 radical (unpaired) electrons. The summed E-state index contributed by atoms with van der Waals surface area (Å²) in [5.41, 5.74) is 7.71. The van der Waals surface area contributed by atoms with Crippen LogP contribution in [0, 0.1) is 6.92 Å². The van der Waals surface area contributed by atoms with E-state index in [1.54, 1.807) is 0 Å². The van der Waals surface area contributed by atoms with Crippen LogP contribution in [0.15, 0.2) is 54.9 Å². The highest BCUT2D eigenvalue weighted by molar-refractivity contribution is 5.55. The predicted molar refractivity (Wildman–Crippen MR) is 80.1 cm³/mol. The maximum atomic E-state index is 5.77. The smallest absolute Gasteiger partial charge is 0.0710 e. The van der Waals surface area contributed by atoms with E-state index in [0.29, 0.717) is 0 Å². The van der Waals surface area contributed by atoms with Crippen molar-refractivity contribution in [2.24, 2.45) is 5.84 Å². The van der Waals surface area contributed by atoms with Gasteiger partial charge >= 0.3 is 0 Å². The molecule has 2 heterocycles. The van der Waals surface area contributed by atoms with Crippen molar-refractivity contribution < 1.29 is 0 Å². The molecule has 1 aromatic carbocycles. The summed E-state index contributed by atoms with van der Waals surface area (Å²) < 4.78 is 1.87. The Labute approximate surface area is 118 Å². The van der Waals surface area contributed by atoms with Gasteiger partial charge in [0, 0.05) is 11.8 Å². The summed E-state index contributed by atoms with van der Waals surface area (Å²) in [6, 6.07) is 14.5. The number of fused-ring (bicyclic) bond motifs is 1. The van der Waals surface area contributed by atoms with E-state index in [0.717, 1.165) is 17.5 Å². The highest BCUT2D eigenvalue weighted by Crippen LogP contribution is 2.23. The number of hydrogen-bond acceptors (Lipinski definition) is 3. The molecule has 0 aliphatic carbocycles. The number of aromatic nitrogens is 2. The summed E-state index contributed by atoms with van der Waals surface area (Å²) in [6.45, 7) is 2.12. The molecule has 20 heavy (non-hydrogen) atoms. The van der Waals surface area contributed by atoms with Crippen LogP contribution in [0.2, 0.25) is 0 Å². The fraction of sp³-hybridized carbons (Fsp3) is 0.188. The van der Waals surface area contributed by atoms with Gasteiger partial charge in [-0.1, -0.05) is 30.3 Å². The number of hydrogen-bond donors (Lipinski definition) is 2. The largest absolute Gasteiger partial charge is 0.271 e. The van der Waals surface area contributed by atoms with Gasteiger partial charge in [0.2, 0.25) is 0 Å². The van der Waals surface area contributed by atoms with Crippen molar-refractivity contribution in [3.63, 3.8) is 0 Å². The van der Waals surface area contributed by atoms with Crippen molar-refractivity contribution in [1.82, 2.24) is 15.0 Å². The monoisotopic (exact) mass is 266 g/mol. The maximum Gasteiger partial charge on any atom is 0.0710 e. The minimum Gasteiger partial charge on any atom is -0.271 e. The average Bonchev–Trinajstić information content (AvgIpc) is 2.90. The van der Waals surface area contributed by atoms with Gasteiger partial charge in [0.15, 0.2) is 0 Å². The third-order valence-electron chi connectivity index (χ3n) is 3.72. The van der Waals surface area contributed by atoms with Crippen LogP contribution in [-0.2, 0) is 6.42 Å². The van der Waals surface area contributed by atoms with Crippen LogP contribution in [0.5, 0.6) is 0 Å². The van der Waals surface area contributed by atoms with Gasteiger partial charge < -0.3 is 0 Å². The van der Waals surface area contributed by atoms with Gasteiger partial charge in [-0.2, -0.15) is 5.10 Å². The number of aryl methyl sites for hydroxylation is 1. The Morgan fingerprint density at radius 3 is 2.80 bits per heavy atom. The molecular formula is C16H18N4. The number of hydrazine groups is 1. The molecule has 0 bridgehead atoms. The molecule has 3 rings (SSSR count). The van der Waals surface area contributed by atoms with E-state index >= 15 is 0 Å². The Balaban J connectivity index is 1.96. The molecule has 0 saturated carbocycles. The van der Waals surface area contributed by atoms with E-state index in [1.165, 1.54) is 11.1 Å². The van der Waals surface area contributed by atoms with E-state index in [4.69, 9.17) is 5.84 Å². The van der Waals surface area contributed by atoms with E-state index in [1.807, 2.05) is 29.0 Å². The SMILES string of the molecule is Cc1ccccc1CC(NN)c1cnn2ccccc12. The number of nitrogens with one attached hydrogen (secondary N) is 1. The van der Waals surface area contributed by atoms with Crippen molar-refractivity contribution >= 4 is 5.52 Å². The molecule has 4 heteroatoms. The highest BCUT2D eigenvalue weighted by Gasteiger charge is 2.16. The first-order valence-corrected chi connectivity index (χ1v) is 6.72. The molecule has 1 atom stereocenters. The van der Waals surface area contributed by atoms with Crippen LogP contribution in [0.4, 0.5) is 0 Å². The lowest BCUT2D eigenvalue weighted by Crippen LogP contribution is -2.29. The Hall–Kier alpha value is -2.17. The summed E-state index contributed by atoms with van der Waals surface area (Å²) in [5.74, 6) is 5.77. The van der Waals surface area contributed by atoms with Gasteiger partial charge in [-0.25, -0.2) is 4.52 Å². The van der Waals surface area contributed by atoms with Crippen molar-refractivity contribution in [2.45, 2.75) is 19.4 Å². The van der Waals surface area contributed by atoms with E-state index in [-0.39, 0.29) is 6.04 Å². The highest BCUT2D eigenvalue weighted by atomic mass is 15.3. The van der Waals surface area contributed by atoms with Gasteiger partial charge in [-0.15, -0.1) is 0 Å². The first-order valence-electron chi connectivity index (χ1n) is 6.72. The molecule has 0 amide bonds. The lowest BCUT2D eigenvalue weighted by Gasteiger charge is -2.16. The lowest BCUT2D eigenvalue weighted by atomic mass is 9.97. The van der Waals surface area contributed by atoms with Crippen molar-refractivity contribution in [2.75, 3.05) is 0 Å². The van der Waals surface area contributed by atoms with Crippen LogP contribution in [0.1, 0.15) is 22.7 Å². The van der Waals surface area contributed by atoms with E-state index in [2.05, 4.69) is 47.8 Å². The first kappa shape index (κ1) is 12.8. The Bertz CT molecular complexity index is 717. The topological polar surface area (TPSA) is 55.3 Å². The Morgan fingerprint density at radius 1 is 1.20 bits per heavy atom. The van der Waals surface area contributed by atoms with Crippen LogP contribution < -0.4 is 11.3 Å². The fourth-order valence-electron chi connectivity index (χ4n) is 2.54. The van der Waals surface area contributed by atoms with Crippen LogP contribution in [-0.4, -0.2) is 9.61 Å². The van der Waals surface area contributed by atoms with Gasteiger partial charge in [0.25, 0.3) is 0 Å². The predicted octanol–water partition coefficient (Wildman–Crippen LogP) is 2.39. The third-order valence-corrected chi connectivity index (χ3v) is 3.72. The second-order valence-corrected chi connectivity index (χ2v) is 4.98. The minimum absolute atomic E-state index is 0.0519. The molecule has 102 valence electrons. The zero-order valence-electron chi connectivity index (χ0n) is 11.5. The normalized spacial score (nSPS) is 12.7. The zero-order valence-corrected chi connectivity index (χ0v) is 11.5. The van der Waals surface area contributed by atoms with Gasteiger partial charge in [0.05, 0.1) is 17.8 Å². The molecule has 0 saturated heterocycles. The lowest BCUT2D eigenvalue weighted by molar-refractivity contribution is 0.554. The summed E-state index contributed by atoms with van der Waals surface area (Å²) in [4.78, 5) is 0. The number of nitrogens with zero attached hydrogens (tertiary/aromatic N) is 2. The maximum absolute atomic E-state index is 5.77. The zero-order chi connectivity index (χ0) is 13.9. The molecule has 3 aromatic rings. The molecular weight excluding hydrogens is 248 g/mol. The minimum atomic E-state index is 0.0519. The molecule has 0 spiro atoms. The van der Waals surface area contributed by atoms with Crippen molar-refractivity contribution in [1.29, 1.82) is 0 Å². The Morgan fingerprint density at radius 2 is 2.00 bits per heavy atom. The quantitative estimate of drug-likeness (QED) is 0.563. The van der Waals surface area contributed by atoms with Gasteiger partial charge in [-0.3, -0.25) is 11.3 Å².